The summed E-state index contributed by atoms with van der Waals surface area (Å²) in [6.07, 6.45) is 1.74. The Labute approximate surface area is 201 Å². The lowest BCUT2D eigenvalue weighted by Gasteiger charge is -2.26. The second-order valence-corrected chi connectivity index (χ2v) is 8.14. The fraction of sp³-hybridized carbons (Fsp3) is 0.115. The molecule has 0 unspecified atom stereocenters. The van der Waals surface area contributed by atoms with Crippen molar-refractivity contribution < 1.29 is 19.1 Å². The fourth-order valence-corrected chi connectivity index (χ4v) is 4.52. The van der Waals surface area contributed by atoms with Crippen molar-refractivity contribution in [2.24, 2.45) is 0 Å². The number of pyridine rings is 1. The van der Waals surface area contributed by atoms with Crippen LogP contribution in [0.4, 0.5) is 5.69 Å². The van der Waals surface area contributed by atoms with Crippen LogP contribution in [0.25, 0.3) is 11.3 Å². The monoisotopic (exact) mass is 471 g/mol. The van der Waals surface area contributed by atoms with Crippen LogP contribution in [0, 0.1) is 0 Å². The molecule has 2 aromatic carbocycles. The lowest BCUT2D eigenvalue weighted by Crippen LogP contribution is -2.29. The van der Waals surface area contributed by atoms with Crippen molar-refractivity contribution in [1.82, 2.24) is 10.3 Å². The van der Waals surface area contributed by atoms with Crippen molar-refractivity contribution in [3.63, 3.8) is 0 Å². The van der Waals surface area contributed by atoms with E-state index >= 15 is 0 Å². The number of carbonyl (C=O) groups excluding carboxylic acids is 1. The lowest BCUT2D eigenvalue weighted by atomic mass is 10.0. The first-order valence-corrected chi connectivity index (χ1v) is 11.0. The van der Waals surface area contributed by atoms with Gasteiger partial charge >= 0.3 is 5.97 Å². The average molecular weight is 472 g/mol. The van der Waals surface area contributed by atoms with Crippen LogP contribution in [0.2, 0.25) is 0 Å². The van der Waals surface area contributed by atoms with Gasteiger partial charge in [0, 0.05) is 17.4 Å². The van der Waals surface area contributed by atoms with Crippen LogP contribution >= 0.6 is 12.2 Å². The molecule has 1 saturated heterocycles. The van der Waals surface area contributed by atoms with Gasteiger partial charge in [-0.15, -0.1) is 0 Å². The minimum absolute atomic E-state index is 0.166. The minimum atomic E-state index is -0.436. The first-order valence-electron chi connectivity index (χ1n) is 10.6. The molecule has 5 rings (SSSR count). The van der Waals surface area contributed by atoms with Crippen LogP contribution in [-0.2, 0) is 4.74 Å². The van der Waals surface area contributed by atoms with Gasteiger partial charge in [-0.25, -0.2) is 4.79 Å². The summed E-state index contributed by atoms with van der Waals surface area (Å²) in [5, 5.41) is 13.6. The molecule has 2 aromatic heterocycles. The summed E-state index contributed by atoms with van der Waals surface area (Å²) in [5.74, 6) is 0.915. The quantitative estimate of drug-likeness (QED) is 0.310. The summed E-state index contributed by atoms with van der Waals surface area (Å²) in [5.41, 5.74) is 2.66. The highest BCUT2D eigenvalue weighted by molar-refractivity contribution is 7.80. The number of benzene rings is 2. The molecule has 0 saturated carbocycles. The zero-order chi connectivity index (χ0) is 23.7. The maximum atomic E-state index is 12.3. The molecule has 2 N–H and O–H groups in total. The molecule has 7 nitrogen and oxygen atoms in total. The Kier molecular flexibility index (Phi) is 5.73. The van der Waals surface area contributed by atoms with Gasteiger partial charge in [0.1, 0.15) is 23.3 Å². The molecular weight excluding hydrogens is 450 g/mol. The number of anilines is 1. The Balaban J connectivity index is 1.60. The Morgan fingerprint density at radius 1 is 1.06 bits per heavy atom. The zero-order valence-corrected chi connectivity index (χ0v) is 19.0. The van der Waals surface area contributed by atoms with E-state index in [1.165, 1.54) is 7.11 Å². The second kappa shape index (κ2) is 8.99. The molecule has 34 heavy (non-hydrogen) atoms. The van der Waals surface area contributed by atoms with Crippen LogP contribution in [0.15, 0.2) is 89.5 Å². The zero-order valence-electron chi connectivity index (χ0n) is 18.2. The topological polar surface area (TPSA) is 87.8 Å². The van der Waals surface area contributed by atoms with E-state index < -0.39 is 5.97 Å². The van der Waals surface area contributed by atoms with Gasteiger partial charge in [0.25, 0.3) is 0 Å². The van der Waals surface area contributed by atoms with Crippen LogP contribution in [-0.4, -0.2) is 28.3 Å². The first-order chi connectivity index (χ1) is 16.6. The second-order valence-electron chi connectivity index (χ2n) is 7.75. The summed E-state index contributed by atoms with van der Waals surface area (Å²) in [6, 6.07) is 22.8. The number of phenolic OH excluding ortho intramolecular Hbond substituents is 1. The molecule has 0 amide bonds. The van der Waals surface area contributed by atoms with Gasteiger partial charge in [0.2, 0.25) is 0 Å². The van der Waals surface area contributed by atoms with Crippen molar-refractivity contribution >= 4 is 29.0 Å². The van der Waals surface area contributed by atoms with Crippen LogP contribution in [0.5, 0.6) is 5.75 Å². The summed E-state index contributed by atoms with van der Waals surface area (Å²) < 4.78 is 11.3. The van der Waals surface area contributed by atoms with Crippen molar-refractivity contribution in [1.29, 1.82) is 0 Å². The van der Waals surface area contributed by atoms with Crippen LogP contribution in [0.3, 0.4) is 0 Å². The maximum absolute atomic E-state index is 12.3. The lowest BCUT2D eigenvalue weighted by molar-refractivity contribution is 0.0601. The van der Waals surface area contributed by atoms with E-state index in [0.29, 0.717) is 27.8 Å². The highest BCUT2D eigenvalue weighted by Crippen LogP contribution is 2.43. The molecule has 0 bridgehead atoms. The number of aromatic nitrogens is 1. The third-order valence-corrected chi connectivity index (χ3v) is 6.06. The number of phenols is 1. The average Bonchev–Trinajstić information content (AvgIpc) is 3.49. The molecule has 0 spiro atoms. The van der Waals surface area contributed by atoms with Gasteiger partial charge in [-0.05, 0) is 66.8 Å². The number of nitrogens with zero attached hydrogens (tertiary/aromatic N) is 2. The van der Waals surface area contributed by atoms with Gasteiger partial charge in [0.15, 0.2) is 5.11 Å². The van der Waals surface area contributed by atoms with E-state index in [0.717, 1.165) is 11.4 Å². The SMILES string of the molecule is COC(=O)c1ccccc1-c1ccc([C@@H]2[C@@H](c3ccccn3)NC(=S)N2c2ccc(O)cc2)o1. The van der Waals surface area contributed by atoms with E-state index in [1.807, 2.05) is 47.4 Å². The number of esters is 1. The molecule has 1 aliphatic rings. The standard InChI is InChI=1S/C26H21N3O4S/c1-32-25(31)19-7-3-2-6-18(19)21-13-14-22(33-21)24-23(20-8-4-5-15-27-20)28-26(34)29(24)16-9-11-17(30)12-10-16/h2-15,23-24,30H,1H3,(H,28,34)/t23-,24-/m1/s1. The predicted molar refractivity (Wildman–Crippen MR) is 132 cm³/mol. The van der Waals surface area contributed by atoms with E-state index in [9.17, 15) is 9.90 Å². The number of ether oxygens (including phenoxy) is 1. The Hall–Kier alpha value is -4.17. The van der Waals surface area contributed by atoms with Crippen molar-refractivity contribution in [3.05, 3.63) is 102 Å². The molecule has 0 aliphatic carbocycles. The number of hydrogen-bond donors (Lipinski definition) is 2. The van der Waals surface area contributed by atoms with E-state index in [-0.39, 0.29) is 17.8 Å². The van der Waals surface area contributed by atoms with Gasteiger partial charge in [-0.1, -0.05) is 24.3 Å². The highest BCUT2D eigenvalue weighted by atomic mass is 32.1. The molecule has 2 atom stereocenters. The van der Waals surface area contributed by atoms with E-state index in [2.05, 4.69) is 10.3 Å². The fourth-order valence-electron chi connectivity index (χ4n) is 4.18. The Morgan fingerprint density at radius 3 is 2.56 bits per heavy atom. The summed E-state index contributed by atoms with van der Waals surface area (Å²) in [6.45, 7) is 0. The first kappa shape index (κ1) is 21.7. The normalized spacial score (nSPS) is 17.4. The number of thiocarbonyl (C=S) groups is 1. The molecule has 170 valence electrons. The third kappa shape index (κ3) is 3.88. The molecule has 8 heteroatoms. The van der Waals surface area contributed by atoms with Gasteiger partial charge in [-0.2, -0.15) is 0 Å². The molecule has 0 radical (unpaired) electrons. The maximum Gasteiger partial charge on any atom is 0.338 e. The number of rotatable bonds is 5. The number of aromatic hydroxyl groups is 1. The van der Waals surface area contributed by atoms with Crippen molar-refractivity contribution in [2.75, 3.05) is 12.0 Å². The van der Waals surface area contributed by atoms with Crippen molar-refractivity contribution in [2.45, 2.75) is 12.1 Å². The summed E-state index contributed by atoms with van der Waals surface area (Å²) in [4.78, 5) is 18.8. The number of methoxy groups -OCH3 is 1. The molecule has 3 heterocycles. The predicted octanol–water partition coefficient (Wildman–Crippen LogP) is 5.01. The van der Waals surface area contributed by atoms with Gasteiger partial charge in [0.05, 0.1) is 24.4 Å². The van der Waals surface area contributed by atoms with Crippen LogP contribution in [0.1, 0.15) is 33.9 Å². The summed E-state index contributed by atoms with van der Waals surface area (Å²) in [7, 11) is 1.35. The summed E-state index contributed by atoms with van der Waals surface area (Å²) >= 11 is 5.70. The number of nitrogens with one attached hydrogen (secondary N) is 1. The van der Waals surface area contributed by atoms with E-state index in [4.69, 9.17) is 21.4 Å². The molecule has 1 aliphatic heterocycles. The van der Waals surface area contributed by atoms with E-state index in [1.54, 1.807) is 42.6 Å². The van der Waals surface area contributed by atoms with Gasteiger partial charge < -0.3 is 24.5 Å². The number of furan rings is 1. The van der Waals surface area contributed by atoms with Crippen molar-refractivity contribution in [3.8, 4) is 17.1 Å². The number of carbonyl (C=O) groups is 1. The molecule has 1 fully saturated rings. The Morgan fingerprint density at radius 2 is 1.82 bits per heavy atom. The van der Waals surface area contributed by atoms with Crippen LogP contribution < -0.4 is 10.2 Å². The third-order valence-electron chi connectivity index (χ3n) is 5.74. The van der Waals surface area contributed by atoms with Gasteiger partial charge in [-0.3, -0.25) is 4.98 Å². The number of hydrogen-bond acceptors (Lipinski definition) is 6. The minimum Gasteiger partial charge on any atom is -0.508 e. The molecular formula is C26H21N3O4S. The Bertz CT molecular complexity index is 1340. The molecule has 4 aromatic rings. The highest BCUT2D eigenvalue weighted by Gasteiger charge is 2.42. The smallest absolute Gasteiger partial charge is 0.338 e. The largest absolute Gasteiger partial charge is 0.508 e.